The van der Waals surface area contributed by atoms with Crippen LogP contribution in [0, 0.1) is 0 Å². The van der Waals surface area contributed by atoms with E-state index < -0.39 is 21.8 Å². The van der Waals surface area contributed by atoms with E-state index in [9.17, 15) is 18.3 Å². The van der Waals surface area contributed by atoms with Crippen molar-refractivity contribution in [1.82, 2.24) is 4.31 Å². The number of furan rings is 1. The Labute approximate surface area is 159 Å². The Morgan fingerprint density at radius 3 is 2.50 bits per heavy atom. The average Bonchev–Trinajstić information content (AvgIpc) is 3.04. The molecule has 0 aliphatic carbocycles. The lowest BCUT2D eigenvalue weighted by molar-refractivity contribution is 0.0665. The first-order chi connectivity index (χ1) is 12.2. The van der Waals surface area contributed by atoms with Crippen LogP contribution in [0.15, 0.2) is 52.0 Å². The van der Waals surface area contributed by atoms with Crippen molar-refractivity contribution in [3.05, 3.63) is 64.0 Å². The van der Waals surface area contributed by atoms with Crippen LogP contribution in [0.2, 0.25) is 10.0 Å². The van der Waals surface area contributed by atoms with Gasteiger partial charge in [0.15, 0.2) is 0 Å². The van der Waals surface area contributed by atoms with Crippen LogP contribution >= 0.6 is 23.2 Å². The molecule has 0 spiro atoms. The number of carboxylic acid groups (broad SMARTS) is 1. The maximum absolute atomic E-state index is 13.0. The topological polar surface area (TPSA) is 87.8 Å². The lowest BCUT2D eigenvalue weighted by atomic mass is 10.2. The maximum Gasteiger partial charge on any atom is 0.372 e. The fraction of sp³-hybridized carbons (Fsp3) is 0.118. The number of rotatable bonds is 5. The van der Waals surface area contributed by atoms with E-state index in [2.05, 4.69) is 0 Å². The highest BCUT2D eigenvalue weighted by Crippen LogP contribution is 2.39. The molecule has 0 radical (unpaired) electrons. The smallest absolute Gasteiger partial charge is 0.372 e. The standard InChI is InChI=1S/C17H13Cl2NO5S/c1-20(8-10-5-3-2-4-6-10)26(23,24)13-7-12(18)15(19)14-11(13)9-25-16(14)17(21)22/h2-7,9H,8H2,1H3,(H,21,22). The van der Waals surface area contributed by atoms with E-state index in [-0.39, 0.29) is 32.3 Å². The molecule has 0 atom stereocenters. The first-order valence-electron chi connectivity index (χ1n) is 7.36. The van der Waals surface area contributed by atoms with Gasteiger partial charge in [0.05, 0.1) is 20.3 Å². The number of sulfonamides is 1. The Morgan fingerprint density at radius 2 is 1.88 bits per heavy atom. The van der Waals surface area contributed by atoms with Gasteiger partial charge in [0.25, 0.3) is 0 Å². The molecule has 1 aromatic heterocycles. The summed E-state index contributed by atoms with van der Waals surface area (Å²) in [6.07, 6.45) is 1.06. The molecule has 3 aromatic rings. The molecule has 0 saturated heterocycles. The van der Waals surface area contributed by atoms with Gasteiger partial charge < -0.3 is 9.52 Å². The highest BCUT2D eigenvalue weighted by atomic mass is 35.5. The fourth-order valence-electron chi connectivity index (χ4n) is 2.60. The van der Waals surface area contributed by atoms with Gasteiger partial charge in [0.1, 0.15) is 6.26 Å². The summed E-state index contributed by atoms with van der Waals surface area (Å²) in [6, 6.07) is 10.3. The summed E-state index contributed by atoms with van der Waals surface area (Å²) in [4.78, 5) is 11.2. The zero-order chi connectivity index (χ0) is 19.1. The van der Waals surface area contributed by atoms with Crippen LogP contribution in [-0.2, 0) is 16.6 Å². The molecule has 6 nitrogen and oxygen atoms in total. The molecule has 3 rings (SSSR count). The molecule has 0 aliphatic rings. The van der Waals surface area contributed by atoms with Crippen molar-refractivity contribution in [2.75, 3.05) is 7.05 Å². The van der Waals surface area contributed by atoms with Crippen LogP contribution in [0.25, 0.3) is 10.8 Å². The van der Waals surface area contributed by atoms with Gasteiger partial charge in [-0.3, -0.25) is 0 Å². The highest BCUT2D eigenvalue weighted by Gasteiger charge is 2.29. The molecule has 26 heavy (non-hydrogen) atoms. The summed E-state index contributed by atoms with van der Waals surface area (Å²) in [5, 5.41) is 9.11. The molecule has 0 amide bonds. The number of benzene rings is 2. The molecular weight excluding hydrogens is 401 g/mol. The van der Waals surface area contributed by atoms with E-state index >= 15 is 0 Å². The zero-order valence-corrected chi connectivity index (χ0v) is 15.8. The number of carbonyl (C=O) groups is 1. The van der Waals surface area contributed by atoms with Crippen molar-refractivity contribution in [2.24, 2.45) is 0 Å². The normalized spacial score (nSPS) is 12.0. The molecule has 0 unspecified atom stereocenters. The van der Waals surface area contributed by atoms with Crippen molar-refractivity contribution in [3.8, 4) is 0 Å². The predicted octanol–water partition coefficient (Wildman–Crippen LogP) is 4.26. The third-order valence-corrected chi connectivity index (χ3v) is 6.50. The van der Waals surface area contributed by atoms with E-state index in [4.69, 9.17) is 27.6 Å². The third-order valence-electron chi connectivity index (χ3n) is 3.87. The number of nitrogens with zero attached hydrogens (tertiary/aromatic N) is 1. The predicted molar refractivity (Wildman–Crippen MR) is 98.3 cm³/mol. The molecular formula is C17H13Cl2NO5S. The Kier molecular flexibility index (Phi) is 4.98. The minimum absolute atomic E-state index is 0.0432. The second kappa shape index (κ2) is 6.92. The van der Waals surface area contributed by atoms with Gasteiger partial charge in [0, 0.05) is 19.0 Å². The summed E-state index contributed by atoms with van der Waals surface area (Å²) in [7, 11) is -2.55. The van der Waals surface area contributed by atoms with Crippen LogP contribution < -0.4 is 0 Å². The van der Waals surface area contributed by atoms with Crippen molar-refractivity contribution in [3.63, 3.8) is 0 Å². The van der Waals surface area contributed by atoms with E-state index in [1.807, 2.05) is 18.2 Å². The average molecular weight is 414 g/mol. The number of hydrogen-bond donors (Lipinski definition) is 1. The van der Waals surface area contributed by atoms with Gasteiger partial charge in [-0.2, -0.15) is 4.31 Å². The van der Waals surface area contributed by atoms with E-state index in [0.29, 0.717) is 0 Å². The molecule has 1 heterocycles. The van der Waals surface area contributed by atoms with Crippen molar-refractivity contribution in [1.29, 1.82) is 0 Å². The number of hydrogen-bond acceptors (Lipinski definition) is 4. The van der Waals surface area contributed by atoms with Gasteiger partial charge in [-0.05, 0) is 11.6 Å². The molecule has 0 aliphatic heterocycles. The first-order valence-corrected chi connectivity index (χ1v) is 9.56. The third kappa shape index (κ3) is 3.19. The van der Waals surface area contributed by atoms with Gasteiger partial charge in [-0.15, -0.1) is 0 Å². The molecule has 2 aromatic carbocycles. The van der Waals surface area contributed by atoms with E-state index in [1.165, 1.54) is 13.1 Å². The van der Waals surface area contributed by atoms with E-state index in [1.54, 1.807) is 12.1 Å². The van der Waals surface area contributed by atoms with Crippen LogP contribution in [0.4, 0.5) is 0 Å². The molecule has 136 valence electrons. The SMILES string of the molecule is CN(Cc1ccccc1)S(=O)(=O)c1cc(Cl)c(Cl)c2c(C(=O)O)occ12. The lowest BCUT2D eigenvalue weighted by Crippen LogP contribution is -2.26. The fourth-order valence-corrected chi connectivity index (χ4v) is 4.46. The van der Waals surface area contributed by atoms with Crippen LogP contribution in [0.1, 0.15) is 16.1 Å². The monoisotopic (exact) mass is 413 g/mol. The largest absolute Gasteiger partial charge is 0.475 e. The van der Waals surface area contributed by atoms with Crippen LogP contribution in [0.5, 0.6) is 0 Å². The van der Waals surface area contributed by atoms with Crippen LogP contribution in [-0.4, -0.2) is 30.8 Å². The summed E-state index contributed by atoms with van der Waals surface area (Å²) in [5.41, 5.74) is 0.799. The molecule has 0 bridgehead atoms. The number of carboxylic acids is 1. The van der Waals surface area contributed by atoms with Gasteiger partial charge in [0.2, 0.25) is 15.8 Å². The van der Waals surface area contributed by atoms with Crippen molar-refractivity contribution < 1.29 is 22.7 Å². The zero-order valence-electron chi connectivity index (χ0n) is 13.4. The van der Waals surface area contributed by atoms with Gasteiger partial charge in [-0.25, -0.2) is 13.2 Å². The molecule has 0 fully saturated rings. The molecule has 1 N–H and O–H groups in total. The number of aromatic carboxylic acids is 1. The second-order valence-electron chi connectivity index (χ2n) is 5.58. The summed E-state index contributed by atoms with van der Waals surface area (Å²) in [6.45, 7) is 0.133. The quantitative estimate of drug-likeness (QED) is 0.674. The Balaban J connectivity index is 2.15. The second-order valence-corrected chi connectivity index (χ2v) is 8.37. The van der Waals surface area contributed by atoms with Crippen molar-refractivity contribution >= 4 is 50.0 Å². The maximum atomic E-state index is 13.0. The highest BCUT2D eigenvalue weighted by molar-refractivity contribution is 7.89. The summed E-state index contributed by atoms with van der Waals surface area (Å²) in [5.74, 6) is -1.83. The van der Waals surface area contributed by atoms with Gasteiger partial charge in [-0.1, -0.05) is 53.5 Å². The summed E-state index contributed by atoms with van der Waals surface area (Å²) >= 11 is 12.1. The molecule has 9 heteroatoms. The minimum Gasteiger partial charge on any atom is -0.475 e. The number of halogens is 2. The Bertz CT molecular complexity index is 1090. The Hall–Kier alpha value is -2.06. The minimum atomic E-state index is -3.98. The van der Waals surface area contributed by atoms with Gasteiger partial charge >= 0.3 is 5.97 Å². The molecule has 0 saturated carbocycles. The van der Waals surface area contributed by atoms with E-state index in [0.717, 1.165) is 16.1 Å². The first kappa shape index (κ1) is 18.7. The van der Waals surface area contributed by atoms with Crippen molar-refractivity contribution in [2.45, 2.75) is 11.4 Å². The Morgan fingerprint density at radius 1 is 1.23 bits per heavy atom. The number of fused-ring (bicyclic) bond motifs is 1. The summed E-state index contributed by atoms with van der Waals surface area (Å²) < 4.78 is 32.2. The lowest BCUT2D eigenvalue weighted by Gasteiger charge is -2.18. The van der Waals surface area contributed by atoms with Crippen LogP contribution in [0.3, 0.4) is 0 Å².